The van der Waals surface area contributed by atoms with E-state index in [-0.39, 0.29) is 17.4 Å². The van der Waals surface area contributed by atoms with Crippen molar-refractivity contribution < 1.29 is 22.1 Å². The Balaban J connectivity index is 2.90. The maximum absolute atomic E-state index is 6.71. The molecule has 156 valence electrons. The van der Waals surface area contributed by atoms with Crippen LogP contribution in [0.5, 0.6) is 0 Å². The average molecular weight is 423 g/mol. The van der Waals surface area contributed by atoms with Gasteiger partial charge < -0.3 is 22.1 Å². The second-order valence-electron chi connectivity index (χ2n) is 8.36. The molecule has 5 nitrogen and oxygen atoms in total. The molecule has 1 aliphatic heterocycles. The predicted octanol–water partition coefficient (Wildman–Crippen LogP) is 4.96. The minimum atomic E-state index is -2.77. The highest BCUT2D eigenvalue weighted by molar-refractivity contribution is 6.87. The largest absolute Gasteiger partial charge is 0.503 e. The molecule has 3 atom stereocenters. The maximum Gasteiger partial charge on any atom is 0.503 e. The lowest BCUT2D eigenvalue weighted by molar-refractivity contribution is 0.0328. The van der Waals surface area contributed by atoms with Crippen molar-refractivity contribution in [1.29, 1.82) is 0 Å². The third-order valence-electron chi connectivity index (χ3n) is 5.36. The first-order valence-electron chi connectivity index (χ1n) is 10.3. The van der Waals surface area contributed by atoms with E-state index in [1.165, 1.54) is 12.5 Å². The quantitative estimate of drug-likeness (QED) is 0.440. The zero-order chi connectivity index (χ0) is 20.0. The lowest BCUT2D eigenvalue weighted by Crippen LogP contribution is -2.59. The molecule has 1 saturated heterocycles. The number of hydrogen-bond acceptors (Lipinski definition) is 5. The van der Waals surface area contributed by atoms with E-state index < -0.39 is 25.4 Å². The molecule has 1 rings (SSSR count). The van der Waals surface area contributed by atoms with Crippen LogP contribution in [0.25, 0.3) is 0 Å². The minimum Gasteiger partial charge on any atom is -0.412 e. The van der Waals surface area contributed by atoms with Crippen LogP contribution in [-0.4, -0.2) is 57.5 Å². The minimum absolute atomic E-state index is 0.0998. The molecule has 26 heavy (non-hydrogen) atoms. The van der Waals surface area contributed by atoms with Gasteiger partial charge in [0, 0.05) is 25.0 Å². The smallest absolute Gasteiger partial charge is 0.412 e. The van der Waals surface area contributed by atoms with E-state index in [1.807, 2.05) is 20.8 Å². The van der Waals surface area contributed by atoms with Gasteiger partial charge in [-0.3, -0.25) is 0 Å². The van der Waals surface area contributed by atoms with Crippen molar-refractivity contribution in [2.24, 2.45) is 0 Å². The summed E-state index contributed by atoms with van der Waals surface area (Å²) in [5.41, 5.74) is 0. The van der Waals surface area contributed by atoms with E-state index in [0.717, 1.165) is 6.42 Å². The molecule has 0 N–H and O–H groups in total. The monoisotopic (exact) mass is 422 g/mol. The van der Waals surface area contributed by atoms with Crippen LogP contribution in [0.4, 0.5) is 0 Å². The second kappa shape index (κ2) is 10.3. The van der Waals surface area contributed by atoms with Crippen LogP contribution < -0.4 is 0 Å². The van der Waals surface area contributed by atoms with Crippen molar-refractivity contribution in [3.63, 3.8) is 0 Å². The first-order valence-corrected chi connectivity index (χ1v) is 18.2. The summed E-state index contributed by atoms with van der Waals surface area (Å²) in [6, 6.07) is 1.25. The summed E-state index contributed by atoms with van der Waals surface area (Å²) in [4.78, 5) is 0. The number of rotatable bonds is 11. The second-order valence-corrected chi connectivity index (χ2v) is 20.4. The Labute approximate surface area is 164 Å². The Bertz CT molecular complexity index is 403. The topological polar surface area (TPSA) is 46.2 Å². The molecule has 1 heterocycles. The molecule has 0 aromatic heterocycles. The Morgan fingerprint density at radius 3 is 1.92 bits per heavy atom. The fourth-order valence-corrected chi connectivity index (χ4v) is 14.0. The molecule has 1 aliphatic rings. The summed E-state index contributed by atoms with van der Waals surface area (Å²) in [6.45, 7) is 21.3. The van der Waals surface area contributed by atoms with Crippen molar-refractivity contribution in [2.45, 2.75) is 97.1 Å². The van der Waals surface area contributed by atoms with Crippen LogP contribution in [0.1, 0.15) is 47.5 Å². The highest BCUT2D eigenvalue weighted by Crippen LogP contribution is 2.37. The summed E-state index contributed by atoms with van der Waals surface area (Å²) in [5, 5.41) is 0.158. The Morgan fingerprint density at radius 1 is 1.00 bits per heavy atom. The summed E-state index contributed by atoms with van der Waals surface area (Å²) in [7, 11) is -6.42. The van der Waals surface area contributed by atoms with Gasteiger partial charge in [-0.25, -0.2) is 0 Å². The first kappa shape index (κ1) is 24.5. The maximum atomic E-state index is 6.71. The van der Waals surface area contributed by atoms with Gasteiger partial charge in [-0.2, -0.15) is 0 Å². The van der Waals surface area contributed by atoms with E-state index in [9.17, 15) is 0 Å². The first-order chi connectivity index (χ1) is 12.0. The Hall–Kier alpha value is 0.451. The van der Waals surface area contributed by atoms with E-state index in [4.69, 9.17) is 22.1 Å². The normalized spacial score (nSPS) is 23.7. The molecule has 0 spiro atoms. The molecule has 0 aliphatic carbocycles. The zero-order valence-electron chi connectivity index (χ0n) is 18.5. The van der Waals surface area contributed by atoms with Gasteiger partial charge in [-0.1, -0.05) is 13.3 Å². The molecule has 0 aromatic carbocycles. The Morgan fingerprint density at radius 2 is 1.50 bits per heavy atom. The van der Waals surface area contributed by atoms with Crippen molar-refractivity contribution in [3.05, 3.63) is 0 Å². The van der Waals surface area contributed by atoms with Crippen molar-refractivity contribution in [2.75, 3.05) is 19.8 Å². The van der Waals surface area contributed by atoms with Gasteiger partial charge >= 0.3 is 8.80 Å². The lowest BCUT2D eigenvalue weighted by Gasteiger charge is -2.44. The zero-order valence-corrected chi connectivity index (χ0v) is 21.5. The highest BCUT2D eigenvalue weighted by atomic mass is 28.4. The summed E-state index contributed by atoms with van der Waals surface area (Å²) in [6.07, 6.45) is 2.67. The fraction of sp³-hybridized carbons (Fsp3) is 1.00. The van der Waals surface area contributed by atoms with Crippen LogP contribution in [-0.2, 0) is 22.1 Å². The van der Waals surface area contributed by atoms with Crippen molar-refractivity contribution >= 4 is 25.4 Å². The molecule has 8 heteroatoms. The average Bonchev–Trinajstić information content (AvgIpc) is 2.53. The van der Waals surface area contributed by atoms with Gasteiger partial charge in [0.2, 0.25) is 0 Å². The van der Waals surface area contributed by atoms with Gasteiger partial charge in [0.05, 0.1) is 12.2 Å². The molecular formula is C18H42O5Si3. The van der Waals surface area contributed by atoms with Gasteiger partial charge in [-0.05, 0) is 66.3 Å². The van der Waals surface area contributed by atoms with E-state index in [2.05, 4.69) is 40.0 Å². The van der Waals surface area contributed by atoms with Crippen molar-refractivity contribution in [1.82, 2.24) is 0 Å². The van der Waals surface area contributed by atoms with E-state index >= 15 is 0 Å². The van der Waals surface area contributed by atoms with Crippen LogP contribution in [0.15, 0.2) is 0 Å². The standard InChI is InChI=1S/C18H42O5Si3/c1-10-19-26(20-11-2,21-12-3)17(5)25(8,9)22-16(4)18-14-13-15-24(6,7)23-18/h16-18H,10-15H2,1-9H3. The van der Waals surface area contributed by atoms with Crippen LogP contribution in [0, 0.1) is 0 Å². The van der Waals surface area contributed by atoms with E-state index in [0.29, 0.717) is 19.8 Å². The molecule has 0 bridgehead atoms. The summed E-state index contributed by atoms with van der Waals surface area (Å²) in [5.74, 6) is 0. The molecular weight excluding hydrogens is 380 g/mol. The summed E-state index contributed by atoms with van der Waals surface area (Å²) < 4.78 is 31.6. The van der Waals surface area contributed by atoms with Gasteiger partial charge in [-0.15, -0.1) is 0 Å². The lowest BCUT2D eigenvalue weighted by atomic mass is 10.1. The summed E-state index contributed by atoms with van der Waals surface area (Å²) >= 11 is 0. The van der Waals surface area contributed by atoms with Crippen LogP contribution in [0.2, 0.25) is 37.4 Å². The predicted molar refractivity (Wildman–Crippen MR) is 114 cm³/mol. The highest BCUT2D eigenvalue weighted by Gasteiger charge is 2.55. The molecule has 0 amide bonds. The molecule has 0 saturated carbocycles. The van der Waals surface area contributed by atoms with Crippen LogP contribution >= 0.6 is 0 Å². The van der Waals surface area contributed by atoms with Gasteiger partial charge in [0.1, 0.15) is 0 Å². The van der Waals surface area contributed by atoms with Gasteiger partial charge in [0.25, 0.3) is 0 Å². The van der Waals surface area contributed by atoms with Crippen LogP contribution in [0.3, 0.4) is 0 Å². The number of hydrogen-bond donors (Lipinski definition) is 0. The van der Waals surface area contributed by atoms with E-state index in [1.54, 1.807) is 0 Å². The molecule has 1 fully saturated rings. The SMILES string of the molecule is CCO[Si](OCC)(OCC)C(C)[Si](C)(C)OC(C)C1CCC[Si](C)(C)O1. The molecule has 0 aromatic rings. The van der Waals surface area contributed by atoms with Crippen molar-refractivity contribution in [3.8, 4) is 0 Å². The fourth-order valence-electron chi connectivity index (χ4n) is 3.77. The molecule has 3 unspecified atom stereocenters. The third kappa shape index (κ3) is 6.51. The third-order valence-corrected chi connectivity index (χ3v) is 17.2. The van der Waals surface area contributed by atoms with Gasteiger partial charge in [0.15, 0.2) is 16.6 Å². The Kier molecular flexibility index (Phi) is 9.69. The molecule has 0 radical (unpaired) electrons.